The summed E-state index contributed by atoms with van der Waals surface area (Å²) in [6, 6.07) is 7.95. The predicted octanol–water partition coefficient (Wildman–Crippen LogP) is 3.80. The van der Waals surface area contributed by atoms with E-state index in [9.17, 15) is 21.6 Å². The second kappa shape index (κ2) is 7.47. The van der Waals surface area contributed by atoms with Gasteiger partial charge in [-0.25, -0.2) is 22.6 Å². The lowest BCUT2D eigenvalue weighted by molar-refractivity contribution is 0.267. The number of aromatic nitrogens is 1. The second-order valence-corrected chi connectivity index (χ2v) is 9.02. The highest BCUT2D eigenvalue weighted by atomic mass is 32.2. The van der Waals surface area contributed by atoms with Crippen molar-refractivity contribution in [3.05, 3.63) is 59.4 Å². The topological polar surface area (TPSA) is 74.0 Å². The molecule has 1 aromatic heterocycles. The molecule has 1 aliphatic rings. The molecule has 2 aromatic carbocycles. The van der Waals surface area contributed by atoms with Crippen molar-refractivity contribution in [3.8, 4) is 11.3 Å². The van der Waals surface area contributed by atoms with E-state index in [-0.39, 0.29) is 29.7 Å². The van der Waals surface area contributed by atoms with Crippen LogP contribution in [0.15, 0.2) is 36.4 Å². The number of H-pyrrole nitrogens is 1. The van der Waals surface area contributed by atoms with Crippen LogP contribution in [-0.2, 0) is 10.2 Å². The van der Waals surface area contributed by atoms with Gasteiger partial charge in [-0.05, 0) is 66.1 Å². The Balaban J connectivity index is 1.68. The number of hydrogen-bond donors (Lipinski definition) is 3. The van der Waals surface area contributed by atoms with Crippen LogP contribution in [0, 0.1) is 23.4 Å². The highest BCUT2D eigenvalue weighted by molar-refractivity contribution is 7.87. The minimum atomic E-state index is -3.50. The fraction of sp³-hybridized carbons (Fsp3) is 0.300. The van der Waals surface area contributed by atoms with Crippen molar-refractivity contribution in [1.82, 2.24) is 14.4 Å². The molecule has 1 heterocycles. The van der Waals surface area contributed by atoms with Crippen LogP contribution in [0.4, 0.5) is 13.2 Å². The third-order valence-electron chi connectivity index (χ3n) is 5.47. The van der Waals surface area contributed by atoms with E-state index in [1.54, 1.807) is 12.1 Å². The molecule has 1 aliphatic carbocycles. The SMILES string of the molecule is CNS(=O)(=O)NCC1CC(c2c(-c3ccc(F)cc3)[nH]c3c(F)cc(F)cc23)C1. The zero-order valence-electron chi connectivity index (χ0n) is 15.6. The van der Waals surface area contributed by atoms with E-state index in [4.69, 9.17) is 0 Å². The largest absolute Gasteiger partial charge is 0.352 e. The molecule has 0 atom stereocenters. The monoisotopic (exact) mass is 423 g/mol. The summed E-state index contributed by atoms with van der Waals surface area (Å²) in [6.07, 6.45) is 1.34. The fourth-order valence-corrected chi connectivity index (χ4v) is 4.55. The predicted molar refractivity (Wildman–Crippen MR) is 105 cm³/mol. The smallest absolute Gasteiger partial charge is 0.276 e. The zero-order chi connectivity index (χ0) is 20.8. The molecule has 0 unspecified atom stereocenters. The fourth-order valence-electron chi connectivity index (χ4n) is 3.95. The molecule has 4 rings (SSSR count). The molecule has 154 valence electrons. The lowest BCUT2D eigenvalue weighted by atomic mass is 9.70. The van der Waals surface area contributed by atoms with Gasteiger partial charge in [0.2, 0.25) is 0 Å². The van der Waals surface area contributed by atoms with Crippen LogP contribution < -0.4 is 9.44 Å². The van der Waals surface area contributed by atoms with E-state index < -0.39 is 21.8 Å². The van der Waals surface area contributed by atoms with Gasteiger partial charge in [0.15, 0.2) is 0 Å². The summed E-state index contributed by atoms with van der Waals surface area (Å²) in [6.45, 7) is 0.288. The minimum absolute atomic E-state index is 0.00842. The van der Waals surface area contributed by atoms with Crippen molar-refractivity contribution in [2.45, 2.75) is 18.8 Å². The third-order valence-corrected chi connectivity index (χ3v) is 6.56. The number of nitrogens with one attached hydrogen (secondary N) is 3. The van der Waals surface area contributed by atoms with Crippen molar-refractivity contribution in [3.63, 3.8) is 0 Å². The van der Waals surface area contributed by atoms with Gasteiger partial charge in [0.05, 0.1) is 11.2 Å². The maximum absolute atomic E-state index is 14.4. The molecule has 0 saturated heterocycles. The molecule has 29 heavy (non-hydrogen) atoms. The van der Waals surface area contributed by atoms with Gasteiger partial charge in [-0.15, -0.1) is 0 Å². The van der Waals surface area contributed by atoms with E-state index in [1.165, 1.54) is 25.2 Å². The quantitative estimate of drug-likeness (QED) is 0.564. The first-order valence-corrected chi connectivity index (χ1v) is 10.7. The summed E-state index contributed by atoms with van der Waals surface area (Å²) >= 11 is 0. The summed E-state index contributed by atoms with van der Waals surface area (Å²) in [5.41, 5.74) is 2.29. The average Bonchev–Trinajstić information content (AvgIpc) is 3.00. The maximum Gasteiger partial charge on any atom is 0.276 e. The maximum atomic E-state index is 14.4. The third kappa shape index (κ3) is 3.90. The van der Waals surface area contributed by atoms with E-state index in [1.807, 2.05) is 0 Å². The lowest BCUT2D eigenvalue weighted by Gasteiger charge is -2.36. The van der Waals surface area contributed by atoms with Crippen LogP contribution in [0.3, 0.4) is 0 Å². The Morgan fingerprint density at radius 1 is 1.07 bits per heavy atom. The van der Waals surface area contributed by atoms with Crippen molar-refractivity contribution in [2.75, 3.05) is 13.6 Å². The van der Waals surface area contributed by atoms with Gasteiger partial charge in [0, 0.05) is 25.0 Å². The average molecular weight is 423 g/mol. The van der Waals surface area contributed by atoms with Crippen LogP contribution in [0.25, 0.3) is 22.2 Å². The molecule has 0 aliphatic heterocycles. The standard InChI is InChI=1S/C20H20F3N3O2S/c1-24-29(27,28)25-10-11-6-13(7-11)18-16-8-15(22)9-17(23)20(16)26-19(18)12-2-4-14(21)5-3-12/h2-5,8-9,11,13,24-26H,6-7,10H2,1H3. The van der Waals surface area contributed by atoms with Crippen LogP contribution >= 0.6 is 0 Å². The first-order chi connectivity index (χ1) is 13.8. The summed E-state index contributed by atoms with van der Waals surface area (Å²) in [5, 5.41) is 0.459. The van der Waals surface area contributed by atoms with Crippen LogP contribution in [0.1, 0.15) is 24.3 Å². The first-order valence-electron chi connectivity index (χ1n) is 9.22. The number of benzene rings is 2. The molecule has 9 heteroatoms. The Morgan fingerprint density at radius 3 is 2.41 bits per heavy atom. The molecule has 3 N–H and O–H groups in total. The number of fused-ring (bicyclic) bond motifs is 1. The van der Waals surface area contributed by atoms with Gasteiger partial charge in [-0.2, -0.15) is 8.42 Å². The Labute approximate surface area is 166 Å². The summed E-state index contributed by atoms with van der Waals surface area (Å²) in [5.74, 6) is -1.61. The molecule has 0 amide bonds. The molecule has 1 saturated carbocycles. The van der Waals surface area contributed by atoms with E-state index in [2.05, 4.69) is 14.4 Å². The van der Waals surface area contributed by atoms with Crippen LogP contribution in [-0.4, -0.2) is 27.0 Å². The number of aromatic amines is 1. The Bertz CT molecular complexity index is 1150. The Morgan fingerprint density at radius 2 is 1.76 bits per heavy atom. The Kier molecular flexibility index (Phi) is 5.14. The first kappa shape index (κ1) is 19.9. The Hall–Kier alpha value is -2.36. The summed E-state index contributed by atoms with van der Waals surface area (Å²) in [4.78, 5) is 3.04. The summed E-state index contributed by atoms with van der Waals surface area (Å²) < 4.78 is 69.3. The number of rotatable bonds is 6. The molecule has 0 spiro atoms. The normalized spacial score (nSPS) is 19.4. The highest BCUT2D eigenvalue weighted by Crippen LogP contribution is 2.48. The van der Waals surface area contributed by atoms with E-state index >= 15 is 0 Å². The lowest BCUT2D eigenvalue weighted by Crippen LogP contribution is -2.40. The minimum Gasteiger partial charge on any atom is -0.352 e. The van der Waals surface area contributed by atoms with Crippen LogP contribution in [0.2, 0.25) is 0 Å². The molecular weight excluding hydrogens is 403 g/mol. The van der Waals surface area contributed by atoms with Gasteiger partial charge in [-0.3, -0.25) is 0 Å². The van der Waals surface area contributed by atoms with E-state index in [0.717, 1.165) is 11.6 Å². The van der Waals surface area contributed by atoms with Gasteiger partial charge >= 0.3 is 0 Å². The van der Waals surface area contributed by atoms with Gasteiger partial charge < -0.3 is 4.98 Å². The van der Waals surface area contributed by atoms with Gasteiger partial charge in [-0.1, -0.05) is 0 Å². The number of halogens is 3. The molecule has 0 radical (unpaired) electrons. The molecule has 0 bridgehead atoms. The van der Waals surface area contributed by atoms with Crippen molar-refractivity contribution in [1.29, 1.82) is 0 Å². The van der Waals surface area contributed by atoms with Gasteiger partial charge in [0.1, 0.15) is 17.5 Å². The number of hydrogen-bond acceptors (Lipinski definition) is 2. The second-order valence-electron chi connectivity index (χ2n) is 7.32. The van der Waals surface area contributed by atoms with Crippen LogP contribution in [0.5, 0.6) is 0 Å². The van der Waals surface area contributed by atoms with Crippen molar-refractivity contribution in [2.24, 2.45) is 5.92 Å². The highest BCUT2D eigenvalue weighted by Gasteiger charge is 2.35. The van der Waals surface area contributed by atoms with Crippen molar-refractivity contribution < 1.29 is 21.6 Å². The molecular formula is C20H20F3N3O2S. The summed E-state index contributed by atoms with van der Waals surface area (Å²) in [7, 11) is -2.17. The molecule has 3 aromatic rings. The molecule has 1 fully saturated rings. The van der Waals surface area contributed by atoms with Crippen molar-refractivity contribution >= 4 is 21.1 Å². The van der Waals surface area contributed by atoms with E-state index in [0.29, 0.717) is 29.5 Å². The molecule has 5 nitrogen and oxygen atoms in total. The zero-order valence-corrected chi connectivity index (χ0v) is 16.4. The van der Waals surface area contributed by atoms with Gasteiger partial charge in [0.25, 0.3) is 10.2 Å².